The molecule has 17 heavy (non-hydrogen) atoms. The second-order valence-corrected chi connectivity index (χ2v) is 5.09. The molecule has 0 fully saturated rings. The van der Waals surface area contributed by atoms with Gasteiger partial charge >= 0.3 is 0 Å². The molecule has 0 aliphatic carbocycles. The molecule has 0 aromatic heterocycles. The maximum Gasteiger partial charge on any atom is 0.257 e. The van der Waals surface area contributed by atoms with Crippen molar-refractivity contribution in [3.05, 3.63) is 23.8 Å². The average Bonchev–Trinajstić information content (AvgIpc) is 2.17. The van der Waals surface area contributed by atoms with Crippen LogP contribution in [-0.4, -0.2) is 35.6 Å². The molecule has 1 N–H and O–H groups in total. The first kappa shape index (κ1) is 13.4. The van der Waals surface area contributed by atoms with Crippen LogP contribution in [0.15, 0.2) is 18.2 Å². The lowest BCUT2D eigenvalue weighted by Crippen LogP contribution is -2.24. The molecule has 0 spiro atoms. The molecule has 1 rings (SSSR count). The van der Waals surface area contributed by atoms with Crippen molar-refractivity contribution < 1.29 is 14.6 Å². The van der Waals surface area contributed by atoms with Crippen molar-refractivity contribution in [3.8, 4) is 11.5 Å². The summed E-state index contributed by atoms with van der Waals surface area (Å²) >= 11 is 0. The first-order valence-electron chi connectivity index (χ1n) is 5.44. The van der Waals surface area contributed by atoms with Crippen LogP contribution in [0.25, 0.3) is 0 Å². The summed E-state index contributed by atoms with van der Waals surface area (Å²) in [5, 5.41) is 9.65. The van der Waals surface area contributed by atoms with Gasteiger partial charge in [-0.25, -0.2) is 0 Å². The van der Waals surface area contributed by atoms with E-state index in [-0.39, 0.29) is 22.8 Å². The molecule has 0 saturated carbocycles. The van der Waals surface area contributed by atoms with Gasteiger partial charge < -0.3 is 14.7 Å². The number of phenols is 1. The SMILES string of the molecule is CN(C)C(=O)c1cc(OC(C)(C)C)ccc1O. The highest BCUT2D eigenvalue weighted by molar-refractivity contribution is 5.96. The number of hydrogen-bond donors (Lipinski definition) is 1. The fourth-order valence-electron chi connectivity index (χ4n) is 1.34. The van der Waals surface area contributed by atoms with E-state index in [1.165, 1.54) is 11.0 Å². The van der Waals surface area contributed by atoms with Crippen LogP contribution in [0.4, 0.5) is 0 Å². The maximum absolute atomic E-state index is 11.8. The fourth-order valence-corrected chi connectivity index (χ4v) is 1.34. The smallest absolute Gasteiger partial charge is 0.257 e. The van der Waals surface area contributed by atoms with E-state index in [0.717, 1.165) is 0 Å². The normalized spacial score (nSPS) is 11.1. The van der Waals surface area contributed by atoms with Gasteiger partial charge in [-0.15, -0.1) is 0 Å². The Kier molecular flexibility index (Phi) is 3.66. The number of carbonyl (C=O) groups excluding carboxylic acids is 1. The van der Waals surface area contributed by atoms with E-state index < -0.39 is 0 Å². The van der Waals surface area contributed by atoms with Crippen LogP contribution in [0.3, 0.4) is 0 Å². The predicted octanol–water partition coefficient (Wildman–Crippen LogP) is 2.27. The summed E-state index contributed by atoms with van der Waals surface area (Å²) in [6.45, 7) is 5.77. The number of amides is 1. The third-order valence-electron chi connectivity index (χ3n) is 2.03. The molecule has 1 aromatic rings. The van der Waals surface area contributed by atoms with Gasteiger partial charge in [0.1, 0.15) is 17.1 Å². The Hall–Kier alpha value is -1.71. The third-order valence-corrected chi connectivity index (χ3v) is 2.03. The van der Waals surface area contributed by atoms with E-state index in [1.807, 2.05) is 20.8 Å². The van der Waals surface area contributed by atoms with Crippen molar-refractivity contribution in [2.45, 2.75) is 26.4 Å². The van der Waals surface area contributed by atoms with Crippen LogP contribution in [0.2, 0.25) is 0 Å². The second-order valence-electron chi connectivity index (χ2n) is 5.09. The summed E-state index contributed by atoms with van der Waals surface area (Å²) in [5.41, 5.74) is -0.0909. The fraction of sp³-hybridized carbons (Fsp3) is 0.462. The Morgan fingerprint density at radius 3 is 2.35 bits per heavy atom. The summed E-state index contributed by atoms with van der Waals surface area (Å²) in [4.78, 5) is 13.2. The molecule has 0 aliphatic heterocycles. The van der Waals surface area contributed by atoms with Crippen LogP contribution in [0.5, 0.6) is 11.5 Å². The largest absolute Gasteiger partial charge is 0.507 e. The minimum atomic E-state index is -0.338. The Morgan fingerprint density at radius 2 is 1.88 bits per heavy atom. The molecular formula is C13H19NO3. The molecule has 0 aliphatic rings. The number of carbonyl (C=O) groups is 1. The minimum Gasteiger partial charge on any atom is -0.507 e. The quantitative estimate of drug-likeness (QED) is 0.858. The van der Waals surface area contributed by atoms with E-state index >= 15 is 0 Å². The van der Waals surface area contributed by atoms with Crippen LogP contribution in [0, 0.1) is 0 Å². The predicted molar refractivity (Wildman–Crippen MR) is 66.5 cm³/mol. The van der Waals surface area contributed by atoms with Crippen LogP contribution < -0.4 is 4.74 Å². The lowest BCUT2D eigenvalue weighted by Gasteiger charge is -2.22. The van der Waals surface area contributed by atoms with E-state index in [0.29, 0.717) is 5.75 Å². The maximum atomic E-state index is 11.8. The summed E-state index contributed by atoms with van der Waals surface area (Å²) in [5.74, 6) is 0.285. The van der Waals surface area contributed by atoms with E-state index in [9.17, 15) is 9.90 Å². The molecule has 1 amide bonds. The molecule has 0 radical (unpaired) electrons. The molecule has 0 saturated heterocycles. The average molecular weight is 237 g/mol. The van der Waals surface area contributed by atoms with Gasteiger partial charge in [-0.1, -0.05) is 0 Å². The lowest BCUT2D eigenvalue weighted by molar-refractivity contribution is 0.0822. The molecule has 94 valence electrons. The molecule has 4 heteroatoms. The van der Waals surface area contributed by atoms with Crippen molar-refractivity contribution in [2.75, 3.05) is 14.1 Å². The number of phenolic OH excluding ortho intramolecular Hbond substituents is 1. The van der Waals surface area contributed by atoms with Gasteiger partial charge in [0.15, 0.2) is 0 Å². The molecule has 1 aromatic carbocycles. The Labute approximate surface area is 102 Å². The van der Waals surface area contributed by atoms with Gasteiger partial charge in [0.2, 0.25) is 0 Å². The van der Waals surface area contributed by atoms with Crippen molar-refractivity contribution in [2.24, 2.45) is 0 Å². The van der Waals surface area contributed by atoms with Gasteiger partial charge in [-0.3, -0.25) is 4.79 Å². The summed E-state index contributed by atoms with van der Waals surface area (Å²) in [7, 11) is 3.28. The number of rotatable bonds is 2. The molecule has 0 atom stereocenters. The zero-order valence-electron chi connectivity index (χ0n) is 10.9. The van der Waals surface area contributed by atoms with Gasteiger partial charge in [0.25, 0.3) is 5.91 Å². The van der Waals surface area contributed by atoms with Crippen molar-refractivity contribution in [1.29, 1.82) is 0 Å². The van der Waals surface area contributed by atoms with Crippen molar-refractivity contribution in [1.82, 2.24) is 4.90 Å². The molecule has 0 heterocycles. The van der Waals surface area contributed by atoms with Gasteiger partial charge in [0.05, 0.1) is 5.56 Å². The number of ether oxygens (including phenoxy) is 1. The zero-order valence-corrected chi connectivity index (χ0v) is 10.9. The Balaban J connectivity index is 3.07. The molecular weight excluding hydrogens is 218 g/mol. The summed E-state index contributed by atoms with van der Waals surface area (Å²) < 4.78 is 5.65. The third kappa shape index (κ3) is 3.66. The Bertz CT molecular complexity index is 419. The molecule has 4 nitrogen and oxygen atoms in total. The summed E-state index contributed by atoms with van der Waals surface area (Å²) in [6, 6.07) is 4.67. The standard InChI is InChI=1S/C13H19NO3/c1-13(2,3)17-9-6-7-11(15)10(8-9)12(16)14(4)5/h6-8,15H,1-5H3. The van der Waals surface area contributed by atoms with E-state index in [1.54, 1.807) is 26.2 Å². The van der Waals surface area contributed by atoms with Crippen LogP contribution >= 0.6 is 0 Å². The van der Waals surface area contributed by atoms with Gasteiger partial charge in [-0.05, 0) is 39.0 Å². The molecule has 0 bridgehead atoms. The van der Waals surface area contributed by atoms with Gasteiger partial charge in [0, 0.05) is 14.1 Å². The van der Waals surface area contributed by atoms with Crippen molar-refractivity contribution >= 4 is 5.91 Å². The number of nitrogens with zero attached hydrogens (tertiary/aromatic N) is 1. The number of aromatic hydroxyl groups is 1. The highest BCUT2D eigenvalue weighted by Gasteiger charge is 2.17. The zero-order chi connectivity index (χ0) is 13.2. The highest BCUT2D eigenvalue weighted by atomic mass is 16.5. The first-order valence-corrected chi connectivity index (χ1v) is 5.44. The van der Waals surface area contributed by atoms with Gasteiger partial charge in [-0.2, -0.15) is 0 Å². The topological polar surface area (TPSA) is 49.8 Å². The monoisotopic (exact) mass is 237 g/mol. The molecule has 0 unspecified atom stereocenters. The minimum absolute atomic E-state index is 0.0371. The van der Waals surface area contributed by atoms with E-state index in [4.69, 9.17) is 4.74 Å². The summed E-state index contributed by atoms with van der Waals surface area (Å²) in [6.07, 6.45) is 0. The number of benzene rings is 1. The van der Waals surface area contributed by atoms with E-state index in [2.05, 4.69) is 0 Å². The van der Waals surface area contributed by atoms with Crippen LogP contribution in [0.1, 0.15) is 31.1 Å². The second kappa shape index (κ2) is 4.65. The highest BCUT2D eigenvalue weighted by Crippen LogP contribution is 2.26. The van der Waals surface area contributed by atoms with Crippen LogP contribution in [-0.2, 0) is 0 Å². The first-order chi connectivity index (χ1) is 7.70. The lowest BCUT2D eigenvalue weighted by atomic mass is 10.1. The van der Waals surface area contributed by atoms with Crippen molar-refractivity contribution in [3.63, 3.8) is 0 Å². The Morgan fingerprint density at radius 1 is 1.29 bits per heavy atom. The number of hydrogen-bond acceptors (Lipinski definition) is 3.